The van der Waals surface area contributed by atoms with Crippen LogP contribution in [0.4, 0.5) is 10.5 Å². The van der Waals surface area contributed by atoms with E-state index in [1.54, 1.807) is 6.20 Å². The first-order valence-electron chi connectivity index (χ1n) is 5.19. The molecule has 1 rings (SSSR count). The summed E-state index contributed by atoms with van der Waals surface area (Å²) in [5.41, 5.74) is 1.61. The molecule has 1 aromatic rings. The van der Waals surface area contributed by atoms with E-state index in [9.17, 15) is 4.79 Å². The molecule has 0 spiro atoms. The second-order valence-electron chi connectivity index (χ2n) is 3.42. The molecule has 0 aliphatic carbocycles. The number of aryl methyl sites for hydroxylation is 1. The standard InChI is InChI=1S/C11H15IN2O2/c1-3-4-5-16-11(15)14-10-7-13-8(2)6-9(10)12/h6-7H,3-5H2,1-2H3,(H,14,15). The Kier molecular flexibility index (Phi) is 5.51. The van der Waals surface area contributed by atoms with Crippen LogP contribution < -0.4 is 5.32 Å². The van der Waals surface area contributed by atoms with E-state index in [4.69, 9.17) is 4.74 Å². The first-order valence-corrected chi connectivity index (χ1v) is 6.27. The predicted molar refractivity (Wildman–Crippen MR) is 71.6 cm³/mol. The number of nitrogens with zero attached hydrogens (tertiary/aromatic N) is 1. The highest BCUT2D eigenvalue weighted by Crippen LogP contribution is 2.17. The fourth-order valence-electron chi connectivity index (χ4n) is 1.07. The van der Waals surface area contributed by atoms with Gasteiger partial charge in [0, 0.05) is 9.26 Å². The fraction of sp³-hybridized carbons (Fsp3) is 0.455. The van der Waals surface area contributed by atoms with E-state index in [-0.39, 0.29) is 0 Å². The topological polar surface area (TPSA) is 51.2 Å². The van der Waals surface area contributed by atoms with Crippen LogP contribution in [0, 0.1) is 10.5 Å². The lowest BCUT2D eigenvalue weighted by Gasteiger charge is -2.08. The molecule has 5 heteroatoms. The van der Waals surface area contributed by atoms with Crippen LogP contribution in [-0.4, -0.2) is 17.7 Å². The summed E-state index contributed by atoms with van der Waals surface area (Å²) in [5, 5.41) is 2.67. The van der Waals surface area contributed by atoms with E-state index in [0.717, 1.165) is 22.1 Å². The molecular weight excluding hydrogens is 319 g/mol. The molecule has 1 aromatic heterocycles. The number of nitrogens with one attached hydrogen (secondary N) is 1. The molecule has 0 fully saturated rings. The Morgan fingerprint density at radius 1 is 1.62 bits per heavy atom. The number of carbonyl (C=O) groups is 1. The number of anilines is 1. The summed E-state index contributed by atoms with van der Waals surface area (Å²) in [6.07, 6.45) is 3.11. The van der Waals surface area contributed by atoms with E-state index in [1.807, 2.05) is 19.9 Å². The third-order valence-electron chi connectivity index (χ3n) is 1.96. The molecule has 1 N–H and O–H groups in total. The molecule has 0 unspecified atom stereocenters. The minimum absolute atomic E-state index is 0.419. The minimum atomic E-state index is -0.419. The molecule has 1 amide bonds. The van der Waals surface area contributed by atoms with Crippen LogP contribution in [0.2, 0.25) is 0 Å². The highest BCUT2D eigenvalue weighted by Gasteiger charge is 2.06. The largest absolute Gasteiger partial charge is 0.449 e. The minimum Gasteiger partial charge on any atom is -0.449 e. The zero-order chi connectivity index (χ0) is 12.0. The van der Waals surface area contributed by atoms with Gasteiger partial charge in [-0.2, -0.15) is 0 Å². The maximum Gasteiger partial charge on any atom is 0.411 e. The number of unbranched alkanes of at least 4 members (excludes halogenated alkanes) is 1. The van der Waals surface area contributed by atoms with Gasteiger partial charge in [0.25, 0.3) is 0 Å². The summed E-state index contributed by atoms with van der Waals surface area (Å²) < 4.78 is 5.95. The highest BCUT2D eigenvalue weighted by atomic mass is 127. The Morgan fingerprint density at radius 2 is 2.38 bits per heavy atom. The van der Waals surface area contributed by atoms with E-state index in [1.165, 1.54) is 0 Å². The molecule has 0 aliphatic heterocycles. The summed E-state index contributed by atoms with van der Waals surface area (Å²) in [5.74, 6) is 0. The number of amides is 1. The van der Waals surface area contributed by atoms with Crippen LogP contribution in [0.15, 0.2) is 12.3 Å². The molecule has 4 nitrogen and oxygen atoms in total. The van der Waals surface area contributed by atoms with Gasteiger partial charge in [0.05, 0.1) is 18.5 Å². The van der Waals surface area contributed by atoms with Gasteiger partial charge in [0.2, 0.25) is 0 Å². The van der Waals surface area contributed by atoms with Gasteiger partial charge in [-0.3, -0.25) is 10.3 Å². The summed E-state index contributed by atoms with van der Waals surface area (Å²) in [6, 6.07) is 1.90. The van der Waals surface area contributed by atoms with Crippen molar-refractivity contribution in [2.45, 2.75) is 26.7 Å². The third-order valence-corrected chi connectivity index (χ3v) is 2.85. The molecule has 0 bridgehead atoms. The Bertz CT molecular complexity index is 369. The molecular formula is C11H15IN2O2. The third kappa shape index (κ3) is 4.34. The Morgan fingerprint density at radius 3 is 3.00 bits per heavy atom. The molecule has 0 radical (unpaired) electrons. The van der Waals surface area contributed by atoms with Gasteiger partial charge in [-0.25, -0.2) is 4.79 Å². The lowest BCUT2D eigenvalue weighted by molar-refractivity contribution is 0.160. The zero-order valence-corrected chi connectivity index (χ0v) is 11.6. The van der Waals surface area contributed by atoms with E-state index in [0.29, 0.717) is 12.3 Å². The van der Waals surface area contributed by atoms with Crippen LogP contribution >= 0.6 is 22.6 Å². The average molecular weight is 334 g/mol. The number of rotatable bonds is 4. The molecule has 0 aliphatic rings. The quantitative estimate of drug-likeness (QED) is 0.679. The van der Waals surface area contributed by atoms with Crippen molar-refractivity contribution in [1.82, 2.24) is 4.98 Å². The van der Waals surface area contributed by atoms with Crippen LogP contribution in [0.25, 0.3) is 0 Å². The molecule has 0 saturated heterocycles. The lowest BCUT2D eigenvalue weighted by Crippen LogP contribution is -2.15. The number of hydrogen-bond acceptors (Lipinski definition) is 3. The maximum absolute atomic E-state index is 11.4. The molecule has 88 valence electrons. The highest BCUT2D eigenvalue weighted by molar-refractivity contribution is 14.1. The first-order chi connectivity index (χ1) is 7.63. The average Bonchev–Trinajstić information content (AvgIpc) is 2.23. The number of ether oxygens (including phenoxy) is 1. The predicted octanol–water partition coefficient (Wildman–Crippen LogP) is 3.34. The van der Waals surface area contributed by atoms with Crippen molar-refractivity contribution in [2.24, 2.45) is 0 Å². The number of halogens is 1. The maximum atomic E-state index is 11.4. The number of hydrogen-bond donors (Lipinski definition) is 1. The van der Waals surface area contributed by atoms with Crippen molar-refractivity contribution in [3.05, 3.63) is 21.5 Å². The van der Waals surface area contributed by atoms with Crippen LogP contribution in [0.5, 0.6) is 0 Å². The fourth-order valence-corrected chi connectivity index (χ4v) is 1.80. The van der Waals surface area contributed by atoms with Crippen molar-refractivity contribution in [3.8, 4) is 0 Å². The number of aromatic nitrogens is 1. The molecule has 1 heterocycles. The summed E-state index contributed by atoms with van der Waals surface area (Å²) in [7, 11) is 0. The molecule has 0 atom stereocenters. The smallest absolute Gasteiger partial charge is 0.411 e. The van der Waals surface area contributed by atoms with Crippen LogP contribution in [0.1, 0.15) is 25.5 Å². The second-order valence-corrected chi connectivity index (χ2v) is 4.58. The summed E-state index contributed by atoms with van der Waals surface area (Å²) in [6.45, 7) is 4.41. The van der Waals surface area contributed by atoms with Crippen molar-refractivity contribution in [1.29, 1.82) is 0 Å². The van der Waals surface area contributed by atoms with E-state index < -0.39 is 6.09 Å². The van der Waals surface area contributed by atoms with Crippen molar-refractivity contribution in [2.75, 3.05) is 11.9 Å². The summed E-state index contributed by atoms with van der Waals surface area (Å²) in [4.78, 5) is 15.5. The van der Waals surface area contributed by atoms with Gasteiger partial charge in [-0.1, -0.05) is 13.3 Å². The molecule has 16 heavy (non-hydrogen) atoms. The Hall–Kier alpha value is -0.850. The summed E-state index contributed by atoms with van der Waals surface area (Å²) >= 11 is 2.15. The van der Waals surface area contributed by atoms with Crippen LogP contribution in [0.3, 0.4) is 0 Å². The van der Waals surface area contributed by atoms with Gasteiger partial charge < -0.3 is 4.74 Å². The Labute approximate surface area is 109 Å². The monoisotopic (exact) mass is 334 g/mol. The van der Waals surface area contributed by atoms with Crippen molar-refractivity contribution >= 4 is 34.4 Å². The number of pyridine rings is 1. The van der Waals surface area contributed by atoms with Gasteiger partial charge in [-0.15, -0.1) is 0 Å². The van der Waals surface area contributed by atoms with Gasteiger partial charge >= 0.3 is 6.09 Å². The molecule has 0 aromatic carbocycles. The van der Waals surface area contributed by atoms with Gasteiger partial charge in [-0.05, 0) is 42.0 Å². The Balaban J connectivity index is 2.49. The second kappa shape index (κ2) is 6.67. The normalized spacial score (nSPS) is 9.94. The molecule has 0 saturated carbocycles. The van der Waals surface area contributed by atoms with Crippen LogP contribution in [-0.2, 0) is 4.74 Å². The van der Waals surface area contributed by atoms with Gasteiger partial charge in [0.15, 0.2) is 0 Å². The lowest BCUT2D eigenvalue weighted by atomic mass is 10.3. The number of carbonyl (C=O) groups excluding carboxylic acids is 1. The van der Waals surface area contributed by atoms with E-state index in [2.05, 4.69) is 32.9 Å². The first kappa shape index (κ1) is 13.2. The SMILES string of the molecule is CCCCOC(=O)Nc1cnc(C)cc1I. The zero-order valence-electron chi connectivity index (χ0n) is 9.42. The van der Waals surface area contributed by atoms with E-state index >= 15 is 0 Å². The van der Waals surface area contributed by atoms with Crippen molar-refractivity contribution < 1.29 is 9.53 Å². The van der Waals surface area contributed by atoms with Gasteiger partial charge in [0.1, 0.15) is 0 Å². The van der Waals surface area contributed by atoms with Crippen molar-refractivity contribution in [3.63, 3.8) is 0 Å².